The molecule has 0 aliphatic carbocycles. The Morgan fingerprint density at radius 1 is 1.08 bits per heavy atom. The van der Waals surface area contributed by atoms with E-state index in [1.54, 1.807) is 13.2 Å². The second kappa shape index (κ2) is 8.27. The number of hydrogen-bond acceptors (Lipinski definition) is 5. The van der Waals surface area contributed by atoms with E-state index in [1.807, 2.05) is 25.3 Å². The van der Waals surface area contributed by atoms with Crippen LogP contribution in [-0.4, -0.2) is 64.8 Å². The van der Waals surface area contributed by atoms with Gasteiger partial charge < -0.3 is 9.30 Å². The number of carbonyl (C=O) groups is 4. The Balaban J connectivity index is 2.16. The number of Topliss-reactive ketones (excluding diaryl/α,β-unsaturated/α-hetero) is 1. The standard InChI is InChI=1S/C18H25N3O5/c1-5-6-7-20-16(23)17(24)21(18(20)25)11-15(22)14-10-12(2)19(13(14)3)8-9-26-4/h10H,5-9,11H2,1-4H3. The number of unbranched alkanes of at least 4 members (excludes halogenated alkanes) is 1. The Morgan fingerprint density at radius 2 is 1.73 bits per heavy atom. The van der Waals surface area contributed by atoms with Gasteiger partial charge in [0.1, 0.15) is 0 Å². The van der Waals surface area contributed by atoms with Crippen molar-refractivity contribution < 1.29 is 23.9 Å². The molecule has 0 unspecified atom stereocenters. The van der Waals surface area contributed by atoms with Gasteiger partial charge in [0.15, 0.2) is 5.78 Å². The number of amides is 4. The van der Waals surface area contributed by atoms with Crippen LogP contribution in [0.2, 0.25) is 0 Å². The minimum absolute atomic E-state index is 0.191. The van der Waals surface area contributed by atoms with Gasteiger partial charge in [-0.2, -0.15) is 0 Å². The highest BCUT2D eigenvalue weighted by molar-refractivity contribution is 6.45. The number of carbonyl (C=O) groups excluding carboxylic acids is 4. The predicted molar refractivity (Wildman–Crippen MR) is 93.8 cm³/mol. The molecule has 1 aliphatic rings. The maximum Gasteiger partial charge on any atom is 0.334 e. The molecule has 8 nitrogen and oxygen atoms in total. The highest BCUT2D eigenvalue weighted by Gasteiger charge is 2.44. The summed E-state index contributed by atoms with van der Waals surface area (Å²) in [5, 5.41) is 0. The van der Waals surface area contributed by atoms with Crippen LogP contribution in [-0.2, 0) is 20.9 Å². The van der Waals surface area contributed by atoms with Gasteiger partial charge in [0.05, 0.1) is 13.2 Å². The molecular weight excluding hydrogens is 338 g/mol. The molecule has 0 bridgehead atoms. The number of nitrogens with zero attached hydrogens (tertiary/aromatic N) is 3. The van der Waals surface area contributed by atoms with Crippen molar-refractivity contribution in [1.29, 1.82) is 0 Å². The van der Waals surface area contributed by atoms with Crippen LogP contribution >= 0.6 is 0 Å². The van der Waals surface area contributed by atoms with E-state index in [0.717, 1.165) is 27.6 Å². The number of ketones is 1. The first-order valence-corrected chi connectivity index (χ1v) is 8.69. The van der Waals surface area contributed by atoms with Gasteiger partial charge in [0.25, 0.3) is 0 Å². The van der Waals surface area contributed by atoms with Gasteiger partial charge in [-0.15, -0.1) is 0 Å². The molecule has 2 rings (SSSR count). The highest BCUT2D eigenvalue weighted by Crippen LogP contribution is 2.19. The van der Waals surface area contributed by atoms with E-state index in [4.69, 9.17) is 4.74 Å². The first-order chi connectivity index (χ1) is 12.3. The summed E-state index contributed by atoms with van der Waals surface area (Å²) in [5.41, 5.74) is 2.08. The monoisotopic (exact) mass is 363 g/mol. The number of rotatable bonds is 9. The SMILES string of the molecule is CCCCN1C(=O)C(=O)N(CC(=O)c2cc(C)n(CCOC)c2C)C1=O. The van der Waals surface area contributed by atoms with E-state index >= 15 is 0 Å². The molecule has 0 saturated carbocycles. The third kappa shape index (κ3) is 3.70. The van der Waals surface area contributed by atoms with E-state index in [-0.39, 0.29) is 12.3 Å². The van der Waals surface area contributed by atoms with Crippen LogP contribution in [0.25, 0.3) is 0 Å². The molecule has 142 valence electrons. The molecule has 1 fully saturated rings. The van der Waals surface area contributed by atoms with E-state index in [0.29, 0.717) is 25.1 Å². The van der Waals surface area contributed by atoms with Gasteiger partial charge in [0, 0.05) is 37.2 Å². The first kappa shape index (κ1) is 19.8. The average Bonchev–Trinajstić information content (AvgIpc) is 3.00. The van der Waals surface area contributed by atoms with Crippen molar-refractivity contribution in [3.8, 4) is 0 Å². The lowest BCUT2D eigenvalue weighted by atomic mass is 10.1. The fraction of sp³-hybridized carbons (Fsp3) is 0.556. The molecule has 1 aromatic rings. The van der Waals surface area contributed by atoms with Gasteiger partial charge >= 0.3 is 17.8 Å². The molecule has 1 aromatic heterocycles. The zero-order valence-electron chi connectivity index (χ0n) is 15.7. The van der Waals surface area contributed by atoms with Crippen LogP contribution in [0.4, 0.5) is 4.79 Å². The molecule has 0 spiro atoms. The second-order valence-electron chi connectivity index (χ2n) is 6.34. The number of aryl methyl sites for hydroxylation is 1. The Kier molecular flexibility index (Phi) is 6.31. The molecule has 26 heavy (non-hydrogen) atoms. The van der Waals surface area contributed by atoms with E-state index < -0.39 is 24.4 Å². The lowest BCUT2D eigenvalue weighted by Gasteiger charge is -2.14. The summed E-state index contributed by atoms with van der Waals surface area (Å²) in [4.78, 5) is 50.7. The highest BCUT2D eigenvalue weighted by atomic mass is 16.5. The molecule has 0 atom stereocenters. The summed E-state index contributed by atoms with van der Waals surface area (Å²) >= 11 is 0. The third-order valence-corrected chi connectivity index (χ3v) is 4.57. The van der Waals surface area contributed by atoms with Crippen LogP contribution in [0.5, 0.6) is 0 Å². The van der Waals surface area contributed by atoms with Gasteiger partial charge in [-0.1, -0.05) is 13.3 Å². The minimum Gasteiger partial charge on any atom is -0.383 e. The van der Waals surface area contributed by atoms with Crippen LogP contribution in [0.1, 0.15) is 41.5 Å². The van der Waals surface area contributed by atoms with Gasteiger partial charge in [-0.25, -0.2) is 9.69 Å². The summed E-state index contributed by atoms with van der Waals surface area (Å²) in [6.07, 6.45) is 1.41. The Bertz CT molecular complexity index is 737. The average molecular weight is 363 g/mol. The van der Waals surface area contributed by atoms with Crippen molar-refractivity contribution in [2.45, 2.75) is 40.2 Å². The van der Waals surface area contributed by atoms with E-state index in [2.05, 4.69) is 0 Å². The molecule has 8 heteroatoms. The molecule has 4 amide bonds. The Morgan fingerprint density at radius 3 is 2.35 bits per heavy atom. The normalized spacial score (nSPS) is 14.7. The molecule has 0 N–H and O–H groups in total. The number of hydrogen-bond donors (Lipinski definition) is 0. The number of aromatic nitrogens is 1. The first-order valence-electron chi connectivity index (χ1n) is 8.69. The lowest BCUT2D eigenvalue weighted by molar-refractivity contribution is -0.143. The predicted octanol–water partition coefficient (Wildman–Crippen LogP) is 1.52. The largest absolute Gasteiger partial charge is 0.383 e. The Labute approximate surface area is 152 Å². The molecule has 1 saturated heterocycles. The van der Waals surface area contributed by atoms with Crippen molar-refractivity contribution >= 4 is 23.6 Å². The number of methoxy groups -OCH3 is 1. The van der Waals surface area contributed by atoms with Crippen molar-refractivity contribution in [3.05, 3.63) is 23.0 Å². The van der Waals surface area contributed by atoms with Crippen LogP contribution in [0.15, 0.2) is 6.07 Å². The summed E-state index contributed by atoms with van der Waals surface area (Å²) in [6, 6.07) is 1.02. The maximum atomic E-state index is 12.7. The molecule has 0 radical (unpaired) electrons. The maximum absolute atomic E-state index is 12.7. The smallest absolute Gasteiger partial charge is 0.334 e. The number of urea groups is 1. The van der Waals surface area contributed by atoms with E-state index in [1.165, 1.54) is 0 Å². The summed E-state index contributed by atoms with van der Waals surface area (Å²) in [5.74, 6) is -2.16. The third-order valence-electron chi connectivity index (χ3n) is 4.57. The topological polar surface area (TPSA) is 88.9 Å². The van der Waals surface area contributed by atoms with Crippen LogP contribution in [0, 0.1) is 13.8 Å². The van der Waals surface area contributed by atoms with Crippen molar-refractivity contribution in [2.24, 2.45) is 0 Å². The van der Waals surface area contributed by atoms with E-state index in [9.17, 15) is 19.2 Å². The van der Waals surface area contributed by atoms with Crippen molar-refractivity contribution in [1.82, 2.24) is 14.4 Å². The van der Waals surface area contributed by atoms with Gasteiger partial charge in [-0.3, -0.25) is 19.3 Å². The van der Waals surface area contributed by atoms with Gasteiger partial charge in [0.2, 0.25) is 0 Å². The zero-order chi connectivity index (χ0) is 19.4. The fourth-order valence-corrected chi connectivity index (χ4v) is 3.04. The quantitative estimate of drug-likeness (QED) is 0.377. The lowest BCUT2D eigenvalue weighted by Crippen LogP contribution is -2.37. The zero-order valence-corrected chi connectivity index (χ0v) is 15.7. The summed E-state index contributed by atoms with van der Waals surface area (Å²) in [7, 11) is 1.60. The Hall–Kier alpha value is -2.48. The molecule has 2 heterocycles. The number of imide groups is 2. The molecule has 1 aliphatic heterocycles. The van der Waals surface area contributed by atoms with Crippen molar-refractivity contribution in [3.63, 3.8) is 0 Å². The van der Waals surface area contributed by atoms with Gasteiger partial charge in [-0.05, 0) is 26.3 Å². The summed E-state index contributed by atoms with van der Waals surface area (Å²) in [6.45, 7) is 6.48. The number of ether oxygens (including phenoxy) is 1. The van der Waals surface area contributed by atoms with Crippen LogP contribution in [0.3, 0.4) is 0 Å². The molecular formula is C18H25N3O5. The molecule has 0 aromatic carbocycles. The summed E-state index contributed by atoms with van der Waals surface area (Å²) < 4.78 is 7.02. The van der Waals surface area contributed by atoms with Crippen molar-refractivity contribution in [2.75, 3.05) is 26.8 Å². The minimum atomic E-state index is -0.937. The fourth-order valence-electron chi connectivity index (χ4n) is 3.04. The van der Waals surface area contributed by atoms with Crippen LogP contribution < -0.4 is 0 Å². The second-order valence-corrected chi connectivity index (χ2v) is 6.34.